The molecule has 0 bridgehead atoms. The first-order valence-corrected chi connectivity index (χ1v) is 13.3. The number of rotatable bonds is 8. The van der Waals surface area contributed by atoms with E-state index in [0.29, 0.717) is 5.52 Å². The molecule has 2 N–H and O–H groups in total. The molecule has 2 aromatic heterocycles. The first kappa shape index (κ1) is 23.1. The standard InChI is InChI=1S/C24H21N5O4S2/c30-21(28-17-7-8-17)13-27-23(31)22(35(32,33)18-4-2-1-3-5-18)24-29-19-10-15(6-9-20(19)34-24)16-11-25-14-26-12-16/h1-6,9-12,14,17,22H,7-8,13H2,(H,27,31)(H,28,30). The van der Waals surface area contributed by atoms with Crippen molar-refractivity contribution in [1.82, 2.24) is 25.6 Å². The second kappa shape index (κ2) is 9.51. The summed E-state index contributed by atoms with van der Waals surface area (Å²) in [5.41, 5.74) is 2.16. The molecule has 1 aliphatic carbocycles. The molecular formula is C24H21N5O4S2. The molecule has 1 unspecified atom stereocenters. The molecule has 0 radical (unpaired) electrons. The second-order valence-corrected chi connectivity index (χ2v) is 11.3. The van der Waals surface area contributed by atoms with Gasteiger partial charge in [0.25, 0.3) is 0 Å². The van der Waals surface area contributed by atoms with Crippen molar-refractivity contribution in [2.24, 2.45) is 0 Å². The Morgan fingerprint density at radius 1 is 1.03 bits per heavy atom. The fraction of sp³-hybridized carbons (Fsp3) is 0.208. The average Bonchev–Trinajstić information content (AvgIpc) is 3.59. The van der Waals surface area contributed by atoms with Gasteiger partial charge in [0.15, 0.2) is 15.1 Å². The molecule has 2 amide bonds. The van der Waals surface area contributed by atoms with Crippen molar-refractivity contribution < 1.29 is 18.0 Å². The van der Waals surface area contributed by atoms with Crippen LogP contribution >= 0.6 is 11.3 Å². The largest absolute Gasteiger partial charge is 0.352 e. The molecule has 2 aromatic carbocycles. The second-order valence-electron chi connectivity index (χ2n) is 8.16. The van der Waals surface area contributed by atoms with Gasteiger partial charge in [0, 0.05) is 24.0 Å². The Bertz CT molecular complexity index is 1490. The molecule has 0 spiro atoms. The molecule has 178 valence electrons. The van der Waals surface area contributed by atoms with E-state index < -0.39 is 21.0 Å². The normalized spacial score (nSPS) is 14.4. The highest BCUT2D eigenvalue weighted by atomic mass is 32.2. The molecule has 35 heavy (non-hydrogen) atoms. The molecular weight excluding hydrogens is 486 g/mol. The Hall–Kier alpha value is -3.70. The van der Waals surface area contributed by atoms with Gasteiger partial charge < -0.3 is 10.6 Å². The number of carbonyl (C=O) groups is 2. The number of benzene rings is 2. The van der Waals surface area contributed by atoms with Gasteiger partial charge in [-0.2, -0.15) is 0 Å². The number of aromatic nitrogens is 3. The van der Waals surface area contributed by atoms with Crippen molar-refractivity contribution in [3.05, 3.63) is 72.3 Å². The van der Waals surface area contributed by atoms with Gasteiger partial charge in [-0.1, -0.05) is 24.3 Å². The smallest absolute Gasteiger partial charge is 0.246 e. The Kier molecular flexibility index (Phi) is 6.27. The van der Waals surface area contributed by atoms with Gasteiger partial charge in [-0.3, -0.25) is 9.59 Å². The van der Waals surface area contributed by atoms with Crippen LogP contribution in [0.5, 0.6) is 0 Å². The van der Waals surface area contributed by atoms with E-state index in [1.165, 1.54) is 18.5 Å². The molecule has 0 saturated heterocycles. The number of hydrogen-bond acceptors (Lipinski definition) is 8. The maximum Gasteiger partial charge on any atom is 0.246 e. The Morgan fingerprint density at radius 2 is 1.77 bits per heavy atom. The van der Waals surface area contributed by atoms with Crippen molar-refractivity contribution in [3.63, 3.8) is 0 Å². The summed E-state index contributed by atoms with van der Waals surface area (Å²) in [6.45, 7) is -0.306. The number of hydrogen-bond donors (Lipinski definition) is 2. The summed E-state index contributed by atoms with van der Waals surface area (Å²) < 4.78 is 27.9. The van der Waals surface area contributed by atoms with Crippen LogP contribution in [0.1, 0.15) is 23.1 Å². The minimum atomic E-state index is -4.14. The molecule has 4 aromatic rings. The lowest BCUT2D eigenvalue weighted by Crippen LogP contribution is -2.41. The predicted molar refractivity (Wildman–Crippen MR) is 131 cm³/mol. The number of amides is 2. The summed E-state index contributed by atoms with van der Waals surface area (Å²) in [6, 6.07) is 13.4. The summed E-state index contributed by atoms with van der Waals surface area (Å²) in [7, 11) is -4.14. The Labute approximate surface area is 205 Å². The first-order chi connectivity index (χ1) is 16.9. The van der Waals surface area contributed by atoms with E-state index in [2.05, 4.69) is 25.6 Å². The van der Waals surface area contributed by atoms with Crippen LogP contribution in [0.25, 0.3) is 21.3 Å². The van der Waals surface area contributed by atoms with Crippen molar-refractivity contribution in [1.29, 1.82) is 0 Å². The van der Waals surface area contributed by atoms with Gasteiger partial charge in [0.05, 0.1) is 21.7 Å². The number of thiazole rings is 1. The fourth-order valence-electron chi connectivity index (χ4n) is 3.58. The van der Waals surface area contributed by atoms with Crippen LogP contribution in [0.3, 0.4) is 0 Å². The van der Waals surface area contributed by atoms with E-state index in [9.17, 15) is 18.0 Å². The third-order valence-corrected chi connectivity index (χ3v) is 8.75. The third kappa shape index (κ3) is 5.05. The number of carbonyl (C=O) groups excluding carboxylic acids is 2. The van der Waals surface area contributed by atoms with Crippen LogP contribution in [-0.2, 0) is 19.4 Å². The molecule has 1 fully saturated rings. The van der Waals surface area contributed by atoms with Crippen molar-refractivity contribution in [2.45, 2.75) is 29.0 Å². The van der Waals surface area contributed by atoms with E-state index in [1.54, 1.807) is 36.7 Å². The number of sulfone groups is 1. The van der Waals surface area contributed by atoms with Crippen LogP contribution in [0.4, 0.5) is 0 Å². The Balaban J connectivity index is 1.50. The van der Waals surface area contributed by atoms with Crippen molar-refractivity contribution >= 4 is 43.2 Å². The molecule has 1 saturated carbocycles. The quantitative estimate of drug-likeness (QED) is 0.375. The highest BCUT2D eigenvalue weighted by molar-refractivity contribution is 7.92. The summed E-state index contributed by atoms with van der Waals surface area (Å²) in [5.74, 6) is -1.15. The third-order valence-electron chi connectivity index (χ3n) is 5.51. The lowest BCUT2D eigenvalue weighted by atomic mass is 10.1. The average molecular weight is 508 g/mol. The monoisotopic (exact) mass is 507 g/mol. The van der Waals surface area contributed by atoms with Crippen LogP contribution < -0.4 is 10.6 Å². The lowest BCUT2D eigenvalue weighted by Gasteiger charge is -2.15. The maximum absolute atomic E-state index is 13.6. The molecule has 1 atom stereocenters. The number of nitrogens with zero attached hydrogens (tertiary/aromatic N) is 3. The maximum atomic E-state index is 13.6. The Morgan fingerprint density at radius 3 is 2.49 bits per heavy atom. The van der Waals surface area contributed by atoms with E-state index in [-0.39, 0.29) is 28.4 Å². The molecule has 1 aliphatic rings. The summed E-state index contributed by atoms with van der Waals surface area (Å²) in [6.07, 6.45) is 6.60. The molecule has 2 heterocycles. The zero-order valence-corrected chi connectivity index (χ0v) is 20.1. The molecule has 0 aliphatic heterocycles. The zero-order chi connectivity index (χ0) is 24.4. The highest BCUT2D eigenvalue weighted by Gasteiger charge is 2.38. The SMILES string of the molecule is O=C(CNC(=O)C(c1nc2cc(-c3cncnc3)ccc2s1)S(=O)(=O)c1ccccc1)NC1CC1. The first-order valence-electron chi connectivity index (χ1n) is 10.9. The minimum absolute atomic E-state index is 0.00367. The topological polar surface area (TPSA) is 131 Å². The van der Waals surface area contributed by atoms with Gasteiger partial charge in [-0.15, -0.1) is 11.3 Å². The fourth-order valence-corrected chi connectivity index (χ4v) is 6.53. The zero-order valence-electron chi connectivity index (χ0n) is 18.4. The summed E-state index contributed by atoms with van der Waals surface area (Å²) >= 11 is 1.13. The van der Waals surface area contributed by atoms with Gasteiger partial charge >= 0.3 is 0 Å². The predicted octanol–water partition coefficient (Wildman–Crippen LogP) is 2.66. The minimum Gasteiger partial charge on any atom is -0.352 e. The molecule has 5 rings (SSSR count). The van der Waals surface area contributed by atoms with E-state index >= 15 is 0 Å². The van der Waals surface area contributed by atoms with Crippen LogP contribution in [0.15, 0.2) is 72.1 Å². The van der Waals surface area contributed by atoms with E-state index in [4.69, 9.17) is 0 Å². The van der Waals surface area contributed by atoms with Gasteiger partial charge in [-0.05, 0) is 42.7 Å². The van der Waals surface area contributed by atoms with Crippen molar-refractivity contribution in [2.75, 3.05) is 6.54 Å². The van der Waals surface area contributed by atoms with E-state index in [0.717, 1.165) is 40.0 Å². The number of fused-ring (bicyclic) bond motifs is 1. The van der Waals surface area contributed by atoms with Crippen molar-refractivity contribution in [3.8, 4) is 11.1 Å². The van der Waals surface area contributed by atoms with Crippen LogP contribution in [-0.4, -0.2) is 47.8 Å². The van der Waals surface area contributed by atoms with Crippen LogP contribution in [0, 0.1) is 0 Å². The van der Waals surface area contributed by atoms with Crippen LogP contribution in [0.2, 0.25) is 0 Å². The lowest BCUT2D eigenvalue weighted by molar-refractivity contribution is -0.126. The number of nitrogens with one attached hydrogen (secondary N) is 2. The van der Waals surface area contributed by atoms with Gasteiger partial charge in [0.1, 0.15) is 11.3 Å². The highest BCUT2D eigenvalue weighted by Crippen LogP contribution is 2.36. The summed E-state index contributed by atoms with van der Waals surface area (Å²) in [5, 5.41) is 3.80. The molecule has 11 heteroatoms. The summed E-state index contributed by atoms with van der Waals surface area (Å²) in [4.78, 5) is 37.9. The van der Waals surface area contributed by atoms with Gasteiger partial charge in [0.2, 0.25) is 11.8 Å². The molecule has 9 nitrogen and oxygen atoms in total. The van der Waals surface area contributed by atoms with Gasteiger partial charge in [-0.25, -0.2) is 23.4 Å². The van der Waals surface area contributed by atoms with E-state index in [1.807, 2.05) is 12.1 Å².